The van der Waals surface area contributed by atoms with Gasteiger partial charge in [0.1, 0.15) is 12.4 Å². The molecule has 29 heavy (non-hydrogen) atoms. The molecule has 2 fully saturated rings. The van der Waals surface area contributed by atoms with Crippen molar-refractivity contribution in [2.24, 2.45) is 0 Å². The van der Waals surface area contributed by atoms with E-state index < -0.39 is 17.6 Å². The molecule has 3 atom stereocenters. The molecule has 3 unspecified atom stereocenters. The van der Waals surface area contributed by atoms with Gasteiger partial charge in [-0.15, -0.1) is 12.4 Å². The molecule has 0 aromatic heterocycles. The quantitative estimate of drug-likeness (QED) is 0.747. The molecule has 0 saturated carbocycles. The number of hydrogen-bond donors (Lipinski definition) is 2. The topological polar surface area (TPSA) is 52.9 Å². The van der Waals surface area contributed by atoms with Crippen molar-refractivity contribution in [2.75, 3.05) is 13.1 Å². The number of aliphatic hydroxyl groups excluding tert-OH is 2. The normalized spacial score (nSPS) is 31.0. The summed E-state index contributed by atoms with van der Waals surface area (Å²) in [6.45, 7) is 4.54. The molecule has 0 radical (unpaired) electrons. The van der Waals surface area contributed by atoms with Gasteiger partial charge in [0.15, 0.2) is 0 Å². The summed E-state index contributed by atoms with van der Waals surface area (Å²) in [5, 5.41) is 22.2. The van der Waals surface area contributed by atoms with Crippen molar-refractivity contribution in [3.05, 3.63) is 65.7 Å². The Kier molecular flexibility index (Phi) is 7.23. The van der Waals surface area contributed by atoms with Crippen molar-refractivity contribution in [2.45, 2.75) is 62.9 Å². The molecular formula is C24H32ClNO3. The number of ether oxygens (including phenoxy) is 1. The van der Waals surface area contributed by atoms with Crippen molar-refractivity contribution in [3.63, 3.8) is 0 Å². The predicted octanol–water partition coefficient (Wildman–Crippen LogP) is 3.93. The van der Waals surface area contributed by atoms with Crippen LogP contribution in [0.4, 0.5) is 0 Å². The molecule has 5 heteroatoms. The van der Waals surface area contributed by atoms with E-state index in [9.17, 15) is 10.2 Å². The number of nitrogens with zero attached hydrogens (tertiary/aromatic N) is 1. The van der Waals surface area contributed by atoms with Gasteiger partial charge in [-0.05, 0) is 42.5 Å². The molecular weight excluding hydrogens is 386 g/mol. The highest BCUT2D eigenvalue weighted by molar-refractivity contribution is 5.85. The summed E-state index contributed by atoms with van der Waals surface area (Å²) >= 11 is 0. The number of piperidine rings is 2. The maximum absolute atomic E-state index is 11.1. The van der Waals surface area contributed by atoms with E-state index in [1.54, 1.807) is 0 Å². The molecule has 2 heterocycles. The first-order chi connectivity index (χ1) is 13.7. The maximum atomic E-state index is 11.1. The smallest absolute Gasteiger partial charge is 0.119 e. The zero-order valence-electron chi connectivity index (χ0n) is 17.0. The van der Waals surface area contributed by atoms with Gasteiger partial charge in [-0.2, -0.15) is 0 Å². The minimum Gasteiger partial charge on any atom is -0.489 e. The van der Waals surface area contributed by atoms with Crippen LogP contribution in [-0.2, 0) is 12.0 Å². The summed E-state index contributed by atoms with van der Waals surface area (Å²) in [6.07, 6.45) is 2.41. The molecule has 2 saturated heterocycles. The molecule has 2 aromatic rings. The molecule has 2 aliphatic rings. The first-order valence-corrected chi connectivity index (χ1v) is 10.5. The molecule has 2 N–H and O–H groups in total. The SMILES string of the molecule is CCCC1N2CCC(O)C1(c1ccc(OCc3ccccc3)cc1)C(O)CC2.Cl. The van der Waals surface area contributed by atoms with Crippen molar-refractivity contribution >= 4 is 12.4 Å². The van der Waals surface area contributed by atoms with Crippen LogP contribution in [-0.4, -0.2) is 46.5 Å². The zero-order chi connectivity index (χ0) is 19.6. The highest BCUT2D eigenvalue weighted by Crippen LogP contribution is 2.48. The third-order valence-corrected chi connectivity index (χ3v) is 6.64. The van der Waals surface area contributed by atoms with Crippen LogP contribution < -0.4 is 4.74 Å². The van der Waals surface area contributed by atoms with Crippen LogP contribution in [0.2, 0.25) is 0 Å². The lowest BCUT2D eigenvalue weighted by molar-refractivity contribution is -0.134. The number of benzene rings is 2. The lowest BCUT2D eigenvalue weighted by Crippen LogP contribution is -2.70. The first kappa shape index (κ1) is 22.1. The van der Waals surface area contributed by atoms with E-state index >= 15 is 0 Å². The van der Waals surface area contributed by atoms with Gasteiger partial charge < -0.3 is 14.9 Å². The van der Waals surface area contributed by atoms with E-state index in [0.29, 0.717) is 19.4 Å². The average molecular weight is 418 g/mol. The van der Waals surface area contributed by atoms with Gasteiger partial charge in [-0.1, -0.05) is 55.8 Å². The van der Waals surface area contributed by atoms with E-state index in [1.165, 1.54) is 0 Å². The van der Waals surface area contributed by atoms with Crippen LogP contribution in [0.1, 0.15) is 43.7 Å². The van der Waals surface area contributed by atoms with Crippen molar-refractivity contribution in [1.82, 2.24) is 4.90 Å². The Balaban J connectivity index is 0.00000240. The van der Waals surface area contributed by atoms with Crippen LogP contribution in [0.25, 0.3) is 0 Å². The Morgan fingerprint density at radius 1 is 0.966 bits per heavy atom. The fourth-order valence-electron chi connectivity index (χ4n) is 5.30. The molecule has 4 nitrogen and oxygen atoms in total. The summed E-state index contributed by atoms with van der Waals surface area (Å²) in [7, 11) is 0. The van der Waals surface area contributed by atoms with E-state index in [-0.39, 0.29) is 18.4 Å². The summed E-state index contributed by atoms with van der Waals surface area (Å²) < 4.78 is 5.93. The van der Waals surface area contributed by atoms with Gasteiger partial charge in [0.05, 0.1) is 17.6 Å². The molecule has 2 bridgehead atoms. The Morgan fingerprint density at radius 2 is 1.59 bits per heavy atom. The fourth-order valence-corrected chi connectivity index (χ4v) is 5.30. The van der Waals surface area contributed by atoms with E-state index in [2.05, 4.69) is 11.8 Å². The zero-order valence-corrected chi connectivity index (χ0v) is 17.9. The lowest BCUT2D eigenvalue weighted by atomic mass is 9.59. The van der Waals surface area contributed by atoms with E-state index in [1.807, 2.05) is 54.6 Å². The Morgan fingerprint density at radius 3 is 2.17 bits per heavy atom. The summed E-state index contributed by atoms with van der Waals surface area (Å²) in [4.78, 5) is 2.47. The molecule has 0 amide bonds. The van der Waals surface area contributed by atoms with E-state index in [0.717, 1.165) is 42.8 Å². The lowest BCUT2D eigenvalue weighted by Gasteiger charge is -2.59. The van der Waals surface area contributed by atoms with Gasteiger partial charge >= 0.3 is 0 Å². The van der Waals surface area contributed by atoms with Crippen molar-refractivity contribution < 1.29 is 14.9 Å². The summed E-state index contributed by atoms with van der Waals surface area (Å²) in [5.74, 6) is 0.809. The van der Waals surface area contributed by atoms with Crippen LogP contribution in [0.15, 0.2) is 54.6 Å². The van der Waals surface area contributed by atoms with Crippen LogP contribution in [0.3, 0.4) is 0 Å². The predicted molar refractivity (Wildman–Crippen MR) is 118 cm³/mol. The average Bonchev–Trinajstić information content (AvgIpc) is 2.73. The molecule has 4 rings (SSSR count). The van der Waals surface area contributed by atoms with Gasteiger partial charge in [0.2, 0.25) is 0 Å². The second-order valence-corrected chi connectivity index (χ2v) is 8.18. The van der Waals surface area contributed by atoms with Gasteiger partial charge in [-0.25, -0.2) is 0 Å². The molecule has 0 spiro atoms. The Labute approximate surface area is 179 Å². The van der Waals surface area contributed by atoms with Gasteiger partial charge in [0.25, 0.3) is 0 Å². The van der Waals surface area contributed by atoms with Crippen molar-refractivity contribution in [1.29, 1.82) is 0 Å². The third-order valence-electron chi connectivity index (χ3n) is 6.64. The van der Waals surface area contributed by atoms with Crippen LogP contribution in [0, 0.1) is 0 Å². The summed E-state index contributed by atoms with van der Waals surface area (Å²) in [5.41, 5.74) is 1.56. The second-order valence-electron chi connectivity index (χ2n) is 8.18. The van der Waals surface area contributed by atoms with E-state index in [4.69, 9.17) is 4.74 Å². The minimum atomic E-state index is -0.607. The highest BCUT2D eigenvalue weighted by Gasteiger charge is 2.57. The first-order valence-electron chi connectivity index (χ1n) is 10.5. The number of aliphatic hydroxyl groups is 2. The van der Waals surface area contributed by atoms with Crippen molar-refractivity contribution in [3.8, 4) is 5.75 Å². The number of rotatable bonds is 6. The van der Waals surface area contributed by atoms with Gasteiger partial charge in [0, 0.05) is 19.1 Å². The Hall–Kier alpha value is -1.59. The Bertz CT molecular complexity index is 753. The minimum absolute atomic E-state index is 0. The molecule has 2 aliphatic heterocycles. The fraction of sp³-hybridized carbons (Fsp3) is 0.500. The third kappa shape index (κ3) is 4.04. The second kappa shape index (κ2) is 9.48. The largest absolute Gasteiger partial charge is 0.489 e. The molecule has 158 valence electrons. The molecule has 0 aliphatic carbocycles. The highest BCUT2D eigenvalue weighted by atomic mass is 35.5. The van der Waals surface area contributed by atoms with Crippen LogP contribution >= 0.6 is 12.4 Å². The van der Waals surface area contributed by atoms with Crippen LogP contribution in [0.5, 0.6) is 5.75 Å². The number of halogens is 1. The number of fused-ring (bicyclic) bond motifs is 2. The molecule has 2 aromatic carbocycles. The summed E-state index contributed by atoms with van der Waals surface area (Å²) in [6, 6.07) is 18.3. The number of hydrogen-bond acceptors (Lipinski definition) is 4. The maximum Gasteiger partial charge on any atom is 0.119 e. The standard InChI is InChI=1S/C24H31NO3.ClH/c1-2-6-21-24(22(26)13-15-25(21)16-14-23(24)27)19-9-11-20(12-10-19)28-17-18-7-4-3-5-8-18;/h3-5,7-12,21-23,26-27H,2,6,13-17H2,1H3;1H. The van der Waals surface area contributed by atoms with Gasteiger partial charge in [-0.3, -0.25) is 4.90 Å². The monoisotopic (exact) mass is 417 g/mol.